The van der Waals surface area contributed by atoms with E-state index in [2.05, 4.69) is 40.7 Å². The summed E-state index contributed by atoms with van der Waals surface area (Å²) in [4.78, 5) is 4.27. The van der Waals surface area contributed by atoms with Crippen LogP contribution in [0.15, 0.2) is 23.2 Å². The van der Waals surface area contributed by atoms with E-state index in [1.807, 2.05) is 0 Å². The molecule has 0 bridgehead atoms. The topological polar surface area (TPSA) is 89.0 Å². The van der Waals surface area contributed by atoms with Crippen LogP contribution in [0.1, 0.15) is 30.4 Å². The number of nitrogens with zero attached hydrogens (tertiary/aromatic N) is 1. The molecule has 162 valence electrons. The van der Waals surface area contributed by atoms with E-state index in [0.29, 0.717) is 31.6 Å². The van der Waals surface area contributed by atoms with E-state index in [1.165, 1.54) is 6.26 Å². The van der Waals surface area contributed by atoms with Crippen LogP contribution in [0.25, 0.3) is 0 Å². The average molecular weight is 424 g/mol. The van der Waals surface area contributed by atoms with E-state index in [1.54, 1.807) is 7.05 Å². The van der Waals surface area contributed by atoms with Crippen molar-refractivity contribution in [3.05, 3.63) is 29.3 Å². The van der Waals surface area contributed by atoms with Crippen molar-refractivity contribution in [1.82, 2.24) is 10.6 Å². The van der Waals surface area contributed by atoms with Crippen LogP contribution >= 0.6 is 0 Å². The van der Waals surface area contributed by atoms with Crippen molar-refractivity contribution in [1.29, 1.82) is 0 Å². The van der Waals surface area contributed by atoms with E-state index >= 15 is 0 Å². The molecule has 1 atom stereocenters. The van der Waals surface area contributed by atoms with Crippen molar-refractivity contribution in [3.8, 4) is 5.75 Å². The van der Waals surface area contributed by atoms with Crippen molar-refractivity contribution < 1.29 is 17.9 Å². The molecule has 1 aromatic carbocycles. The lowest BCUT2D eigenvalue weighted by Gasteiger charge is -2.19. The summed E-state index contributed by atoms with van der Waals surface area (Å²) in [5, 5.41) is 6.61. The Morgan fingerprint density at radius 2 is 2.14 bits per heavy atom. The third-order valence-electron chi connectivity index (χ3n) is 5.55. The molecule has 3 rings (SSSR count). The van der Waals surface area contributed by atoms with Gasteiger partial charge in [-0.05, 0) is 37.8 Å². The molecule has 8 heteroatoms. The number of aliphatic imine (C=N–C) groups is 1. The molecule has 2 fully saturated rings. The highest BCUT2D eigenvalue weighted by molar-refractivity contribution is 7.90. The number of ether oxygens (including phenoxy) is 2. The Bertz CT molecular complexity index is 828. The number of sulfone groups is 1. The van der Waals surface area contributed by atoms with Crippen LogP contribution < -0.4 is 15.4 Å². The van der Waals surface area contributed by atoms with Gasteiger partial charge in [0.1, 0.15) is 15.6 Å². The normalized spacial score (nSPS) is 21.1. The zero-order valence-corrected chi connectivity index (χ0v) is 18.5. The first kappa shape index (κ1) is 21.9. The Hall–Kier alpha value is -1.80. The van der Waals surface area contributed by atoms with Gasteiger partial charge in [-0.2, -0.15) is 0 Å². The maximum absolute atomic E-state index is 11.6. The van der Waals surface area contributed by atoms with Crippen molar-refractivity contribution >= 4 is 15.8 Å². The highest BCUT2D eigenvalue weighted by Gasteiger charge is 2.45. The van der Waals surface area contributed by atoms with Gasteiger partial charge in [-0.1, -0.05) is 12.1 Å². The molecule has 0 aromatic heterocycles. The fourth-order valence-electron chi connectivity index (χ4n) is 3.64. The minimum Gasteiger partial charge on any atom is -0.493 e. The molecule has 1 aliphatic carbocycles. The standard InChI is InChI=1S/C21H33N3O4S/c1-16-4-5-18(19(10-16)28-13-17-6-9-27-12-17)11-23-20(22-2)24-14-21(7-8-21)15-29(3,25)26/h4-5,10,17H,6-9,11-15H2,1-3H3,(H2,22,23,24). The molecule has 0 spiro atoms. The number of hydrogen-bond donors (Lipinski definition) is 2. The number of hydrogen-bond acceptors (Lipinski definition) is 5. The SMILES string of the molecule is CN=C(NCc1ccc(C)cc1OCC1CCOC1)NCC1(CS(C)(=O)=O)CC1. The Morgan fingerprint density at radius 1 is 1.34 bits per heavy atom. The van der Waals surface area contributed by atoms with Crippen molar-refractivity contribution in [3.63, 3.8) is 0 Å². The highest BCUT2D eigenvalue weighted by Crippen LogP contribution is 2.46. The molecule has 2 N–H and O–H groups in total. The van der Waals surface area contributed by atoms with Crippen LogP contribution in [-0.4, -0.2) is 59.8 Å². The van der Waals surface area contributed by atoms with Gasteiger partial charge in [0.25, 0.3) is 0 Å². The summed E-state index contributed by atoms with van der Waals surface area (Å²) in [5.74, 6) is 2.23. The van der Waals surface area contributed by atoms with Crippen molar-refractivity contribution in [2.45, 2.75) is 32.7 Å². The Kier molecular flexibility index (Phi) is 7.05. The summed E-state index contributed by atoms with van der Waals surface area (Å²) in [7, 11) is -1.26. The molecule has 0 amide bonds. The fraction of sp³-hybridized carbons (Fsp3) is 0.667. The minimum absolute atomic E-state index is 0.146. The number of guanidine groups is 1. The Balaban J connectivity index is 1.53. The summed E-state index contributed by atoms with van der Waals surface area (Å²) in [6.45, 7) is 5.50. The quantitative estimate of drug-likeness (QED) is 0.466. The fourth-order valence-corrected chi connectivity index (χ4v) is 5.14. The van der Waals surface area contributed by atoms with Crippen LogP contribution in [0.2, 0.25) is 0 Å². The summed E-state index contributed by atoms with van der Waals surface area (Å²) in [6.07, 6.45) is 4.22. The zero-order chi connectivity index (χ0) is 20.9. The molecule has 1 aromatic rings. The third-order valence-corrected chi connectivity index (χ3v) is 6.68. The number of rotatable bonds is 9. The number of benzene rings is 1. The van der Waals surface area contributed by atoms with Gasteiger partial charge in [0, 0.05) is 49.9 Å². The molecule has 1 saturated carbocycles. The highest BCUT2D eigenvalue weighted by atomic mass is 32.2. The summed E-state index contributed by atoms with van der Waals surface area (Å²) in [6, 6.07) is 6.21. The van der Waals surface area contributed by atoms with E-state index < -0.39 is 9.84 Å². The maximum atomic E-state index is 11.6. The van der Waals surface area contributed by atoms with Gasteiger partial charge >= 0.3 is 0 Å². The molecule has 2 aliphatic rings. The maximum Gasteiger partial charge on any atom is 0.191 e. The monoisotopic (exact) mass is 423 g/mol. The number of nitrogens with one attached hydrogen (secondary N) is 2. The summed E-state index contributed by atoms with van der Waals surface area (Å²) in [5.41, 5.74) is 2.08. The summed E-state index contributed by atoms with van der Waals surface area (Å²) >= 11 is 0. The van der Waals surface area contributed by atoms with Gasteiger partial charge < -0.3 is 20.1 Å². The van der Waals surface area contributed by atoms with Gasteiger partial charge in [0.15, 0.2) is 5.96 Å². The third kappa shape index (κ3) is 6.89. The van der Waals surface area contributed by atoms with Crippen LogP contribution in [-0.2, 0) is 21.1 Å². The molecule has 29 heavy (non-hydrogen) atoms. The Morgan fingerprint density at radius 3 is 2.76 bits per heavy atom. The van der Waals surface area contributed by atoms with Crippen LogP contribution in [0.5, 0.6) is 5.75 Å². The minimum atomic E-state index is -2.98. The van der Waals surface area contributed by atoms with E-state index in [-0.39, 0.29) is 11.2 Å². The van der Waals surface area contributed by atoms with Crippen LogP contribution in [0.3, 0.4) is 0 Å². The van der Waals surface area contributed by atoms with Gasteiger partial charge in [-0.15, -0.1) is 0 Å². The molecular formula is C21H33N3O4S. The van der Waals surface area contributed by atoms with Gasteiger partial charge in [-0.3, -0.25) is 4.99 Å². The second kappa shape index (κ2) is 9.34. The smallest absolute Gasteiger partial charge is 0.191 e. The predicted octanol–water partition coefficient (Wildman–Crippen LogP) is 1.90. The molecular weight excluding hydrogens is 390 g/mol. The largest absolute Gasteiger partial charge is 0.493 e. The molecule has 7 nitrogen and oxygen atoms in total. The first-order valence-corrected chi connectivity index (χ1v) is 12.3. The molecule has 1 heterocycles. The lowest BCUT2D eigenvalue weighted by Crippen LogP contribution is -2.41. The predicted molar refractivity (Wildman–Crippen MR) is 115 cm³/mol. The van der Waals surface area contributed by atoms with Gasteiger partial charge in [0.05, 0.1) is 19.0 Å². The van der Waals surface area contributed by atoms with E-state index in [0.717, 1.165) is 49.4 Å². The zero-order valence-electron chi connectivity index (χ0n) is 17.7. The average Bonchev–Trinajstić information content (AvgIpc) is 3.20. The van der Waals surface area contributed by atoms with Crippen molar-refractivity contribution in [2.24, 2.45) is 16.3 Å². The van der Waals surface area contributed by atoms with Gasteiger partial charge in [-0.25, -0.2) is 8.42 Å². The molecule has 0 radical (unpaired) electrons. The summed E-state index contributed by atoms with van der Waals surface area (Å²) < 4.78 is 34.8. The van der Waals surface area contributed by atoms with Gasteiger partial charge in [0.2, 0.25) is 0 Å². The molecule has 1 unspecified atom stereocenters. The first-order valence-electron chi connectivity index (χ1n) is 10.2. The van der Waals surface area contributed by atoms with E-state index in [9.17, 15) is 8.42 Å². The van der Waals surface area contributed by atoms with Crippen molar-refractivity contribution in [2.75, 3.05) is 45.4 Å². The second-order valence-corrected chi connectivity index (χ2v) is 10.6. The molecule has 1 saturated heterocycles. The van der Waals surface area contributed by atoms with Crippen LogP contribution in [0, 0.1) is 18.3 Å². The molecule has 1 aliphatic heterocycles. The van der Waals surface area contributed by atoms with Crippen LogP contribution in [0.4, 0.5) is 0 Å². The number of aryl methyl sites for hydroxylation is 1. The first-order chi connectivity index (χ1) is 13.8. The Labute approximate surface area is 174 Å². The second-order valence-electron chi connectivity index (χ2n) is 8.50. The lowest BCUT2D eigenvalue weighted by molar-refractivity contribution is 0.166. The van der Waals surface area contributed by atoms with E-state index in [4.69, 9.17) is 9.47 Å². The lowest BCUT2D eigenvalue weighted by atomic mass is 10.1.